The molecule has 2 heterocycles. The van der Waals surface area contributed by atoms with Gasteiger partial charge in [0.15, 0.2) is 0 Å². The summed E-state index contributed by atoms with van der Waals surface area (Å²) in [5.41, 5.74) is 23.0. The largest absolute Gasteiger partial charge is 0.309 e. The SMILES string of the molecule is CC1(C)c2ccccc2-c2ccc(-n3c4c(c5ccccc53)-c3ccccc3-c3c(c5ccccc5n3C3=CC5C(C)(C)c6ccccc6C5(C)C=C3)-c3ccccc3-4)cc21. The van der Waals surface area contributed by atoms with Crippen LogP contribution in [0.3, 0.4) is 0 Å². The summed E-state index contributed by atoms with van der Waals surface area (Å²) in [7, 11) is 0. The van der Waals surface area contributed by atoms with Crippen LogP contribution in [-0.2, 0) is 16.2 Å². The zero-order valence-corrected chi connectivity index (χ0v) is 35.3. The number of hydrogen-bond donors (Lipinski definition) is 0. The molecule has 13 rings (SSSR count). The van der Waals surface area contributed by atoms with Crippen molar-refractivity contribution in [2.75, 3.05) is 0 Å². The van der Waals surface area contributed by atoms with E-state index in [0.717, 1.165) is 0 Å². The Morgan fingerprint density at radius 3 is 1.57 bits per heavy atom. The number of para-hydroxylation sites is 2. The summed E-state index contributed by atoms with van der Waals surface area (Å²) in [4.78, 5) is 0. The third kappa shape index (κ3) is 4.37. The maximum Gasteiger partial charge on any atom is 0.0625 e. The standard InChI is InChI=1S/C59H46N2/c1-57(2)46-25-13-10-18-38(46)39-31-30-36(34-49(39)57)60-50-28-16-11-23-44(50)53-41-20-7-9-22-43(41)56-54(40-19-6-8-21-42(40)55(53)60)45-24-12-17-29-51(45)61(56)37-32-33-59(5)48-27-15-14-26-47(48)58(3,4)52(59)35-37/h6-35,52H,1-5H3. The van der Waals surface area contributed by atoms with Crippen molar-refractivity contribution in [3.63, 3.8) is 0 Å². The van der Waals surface area contributed by atoms with Crippen molar-refractivity contribution in [3.05, 3.63) is 204 Å². The molecular formula is C59H46N2. The van der Waals surface area contributed by atoms with Crippen molar-refractivity contribution < 1.29 is 0 Å². The number of fused-ring (bicyclic) bond motifs is 18. The van der Waals surface area contributed by atoms with Crippen LogP contribution in [0.5, 0.6) is 0 Å². The first-order valence-corrected chi connectivity index (χ1v) is 21.9. The first kappa shape index (κ1) is 34.9. The van der Waals surface area contributed by atoms with E-state index >= 15 is 0 Å². The number of rotatable bonds is 2. The molecule has 61 heavy (non-hydrogen) atoms. The first-order valence-electron chi connectivity index (χ1n) is 21.9. The summed E-state index contributed by atoms with van der Waals surface area (Å²) in [6.07, 6.45) is 7.53. The minimum absolute atomic E-state index is 0.0322. The zero-order chi connectivity index (χ0) is 41.0. The second-order valence-electron chi connectivity index (χ2n) is 19.1. The van der Waals surface area contributed by atoms with Crippen LogP contribution in [0.15, 0.2) is 182 Å². The highest BCUT2D eigenvalue weighted by molar-refractivity contribution is 6.17. The van der Waals surface area contributed by atoms with Crippen molar-refractivity contribution >= 4 is 27.5 Å². The van der Waals surface area contributed by atoms with Crippen LogP contribution in [-0.4, -0.2) is 9.13 Å². The molecule has 0 saturated carbocycles. The van der Waals surface area contributed by atoms with Crippen molar-refractivity contribution in [1.29, 1.82) is 0 Å². The number of nitrogens with zero attached hydrogens (tertiary/aromatic N) is 2. The van der Waals surface area contributed by atoms with Crippen LogP contribution in [0.1, 0.15) is 56.9 Å². The van der Waals surface area contributed by atoms with Crippen LogP contribution < -0.4 is 0 Å². The third-order valence-electron chi connectivity index (χ3n) is 15.3. The van der Waals surface area contributed by atoms with Crippen LogP contribution in [0.2, 0.25) is 0 Å². The van der Waals surface area contributed by atoms with Gasteiger partial charge in [0.05, 0.1) is 22.4 Å². The molecule has 7 aromatic carbocycles. The molecule has 2 unspecified atom stereocenters. The van der Waals surface area contributed by atoms with Crippen molar-refractivity contribution in [2.45, 2.75) is 50.9 Å². The fourth-order valence-corrected chi connectivity index (χ4v) is 12.5. The third-order valence-corrected chi connectivity index (χ3v) is 15.3. The fraction of sp³-hybridized carbons (Fsp3) is 0.153. The molecule has 292 valence electrons. The van der Waals surface area contributed by atoms with Crippen LogP contribution in [0, 0.1) is 5.92 Å². The summed E-state index contributed by atoms with van der Waals surface area (Å²) >= 11 is 0. The second-order valence-corrected chi connectivity index (χ2v) is 19.1. The number of benzene rings is 7. The fourth-order valence-electron chi connectivity index (χ4n) is 12.5. The minimum atomic E-state index is -0.114. The molecule has 2 nitrogen and oxygen atoms in total. The van der Waals surface area contributed by atoms with Crippen LogP contribution >= 0.6 is 0 Å². The van der Waals surface area contributed by atoms with E-state index in [4.69, 9.17) is 0 Å². The highest BCUT2D eigenvalue weighted by Crippen LogP contribution is 2.59. The van der Waals surface area contributed by atoms with E-state index in [2.05, 4.69) is 226 Å². The predicted molar refractivity (Wildman–Crippen MR) is 255 cm³/mol. The molecule has 9 aromatic rings. The molecule has 0 N–H and O–H groups in total. The summed E-state index contributed by atoms with van der Waals surface area (Å²) in [5.74, 6) is 0.292. The predicted octanol–water partition coefficient (Wildman–Crippen LogP) is 15.1. The van der Waals surface area contributed by atoms with Crippen molar-refractivity contribution in [3.8, 4) is 61.6 Å². The molecule has 2 heteroatoms. The lowest BCUT2D eigenvalue weighted by molar-refractivity contribution is 0.324. The lowest BCUT2D eigenvalue weighted by atomic mass is 9.67. The molecule has 0 fully saturated rings. The van der Waals surface area contributed by atoms with E-state index in [9.17, 15) is 0 Å². The average molecular weight is 783 g/mol. The van der Waals surface area contributed by atoms with Crippen LogP contribution in [0.25, 0.3) is 89.1 Å². The smallest absolute Gasteiger partial charge is 0.0625 e. The molecule has 4 aliphatic rings. The Morgan fingerprint density at radius 2 is 0.918 bits per heavy atom. The number of aromatic nitrogens is 2. The van der Waals surface area contributed by atoms with E-state index in [-0.39, 0.29) is 16.2 Å². The quantitative estimate of drug-likeness (QED) is 0.165. The average Bonchev–Trinajstić information content (AvgIpc) is 3.93. The monoisotopic (exact) mass is 782 g/mol. The van der Waals surface area contributed by atoms with E-state index in [1.807, 2.05) is 0 Å². The van der Waals surface area contributed by atoms with Gasteiger partial charge in [-0.15, -0.1) is 0 Å². The van der Waals surface area contributed by atoms with Gasteiger partial charge in [0, 0.05) is 61.2 Å². The van der Waals surface area contributed by atoms with Gasteiger partial charge in [-0.05, 0) is 80.3 Å². The van der Waals surface area contributed by atoms with Gasteiger partial charge in [-0.3, -0.25) is 0 Å². The minimum Gasteiger partial charge on any atom is -0.309 e. The molecule has 0 bridgehead atoms. The zero-order valence-electron chi connectivity index (χ0n) is 35.3. The summed E-state index contributed by atoms with van der Waals surface area (Å²) < 4.78 is 5.16. The highest BCUT2D eigenvalue weighted by Gasteiger charge is 2.52. The molecule has 0 spiro atoms. The Kier molecular flexibility index (Phi) is 6.81. The van der Waals surface area contributed by atoms with E-state index in [1.165, 1.54) is 111 Å². The Labute approximate surface area is 357 Å². The second kappa shape index (κ2) is 11.9. The van der Waals surface area contributed by atoms with Crippen molar-refractivity contribution in [2.24, 2.45) is 5.92 Å². The molecule has 0 radical (unpaired) electrons. The van der Waals surface area contributed by atoms with Gasteiger partial charge in [0.2, 0.25) is 0 Å². The maximum absolute atomic E-state index is 2.60. The van der Waals surface area contributed by atoms with Gasteiger partial charge >= 0.3 is 0 Å². The lowest BCUT2D eigenvalue weighted by Gasteiger charge is -2.38. The molecule has 2 atom stereocenters. The lowest BCUT2D eigenvalue weighted by Crippen LogP contribution is -2.35. The van der Waals surface area contributed by atoms with Gasteiger partial charge in [-0.25, -0.2) is 0 Å². The van der Waals surface area contributed by atoms with Gasteiger partial charge in [0.25, 0.3) is 0 Å². The maximum atomic E-state index is 2.60. The Balaban J connectivity index is 1.12. The molecule has 0 aliphatic heterocycles. The normalized spacial score (nSPS) is 19.4. The van der Waals surface area contributed by atoms with Gasteiger partial charge in [-0.1, -0.05) is 186 Å². The van der Waals surface area contributed by atoms with Crippen molar-refractivity contribution in [1.82, 2.24) is 9.13 Å². The van der Waals surface area contributed by atoms with Crippen LogP contribution in [0.4, 0.5) is 0 Å². The number of hydrogen-bond acceptors (Lipinski definition) is 0. The number of allylic oxidation sites excluding steroid dienone is 4. The molecule has 4 aliphatic carbocycles. The molecule has 0 amide bonds. The van der Waals surface area contributed by atoms with Gasteiger partial charge in [-0.2, -0.15) is 0 Å². The Morgan fingerprint density at radius 1 is 0.426 bits per heavy atom. The Bertz CT molecular complexity index is 3440. The van der Waals surface area contributed by atoms with Gasteiger partial charge in [0.1, 0.15) is 0 Å². The summed E-state index contributed by atoms with van der Waals surface area (Å²) in [6, 6.07) is 61.8. The van der Waals surface area contributed by atoms with E-state index in [0.29, 0.717) is 5.92 Å². The highest BCUT2D eigenvalue weighted by atomic mass is 15.0. The molecule has 0 saturated heterocycles. The Hall–Kier alpha value is -6.90. The summed E-state index contributed by atoms with van der Waals surface area (Å²) in [6.45, 7) is 12.1. The topological polar surface area (TPSA) is 9.86 Å². The molecule has 2 aromatic heterocycles. The van der Waals surface area contributed by atoms with Gasteiger partial charge < -0.3 is 9.13 Å². The first-order chi connectivity index (χ1) is 29.7. The summed E-state index contributed by atoms with van der Waals surface area (Å²) in [5, 5.41) is 2.52. The van der Waals surface area contributed by atoms with E-state index in [1.54, 1.807) is 0 Å². The molecular weight excluding hydrogens is 737 g/mol. The van der Waals surface area contributed by atoms with E-state index < -0.39 is 0 Å².